The summed E-state index contributed by atoms with van der Waals surface area (Å²) >= 11 is 3.30. The molecule has 0 radical (unpaired) electrons. The molecule has 1 rings (SSSR count). The van der Waals surface area contributed by atoms with Crippen LogP contribution in [0, 0.1) is 0 Å². The van der Waals surface area contributed by atoms with Crippen molar-refractivity contribution in [3.8, 4) is 11.5 Å². The number of hydrogen-bond donors (Lipinski definition) is 0. The Labute approximate surface area is 109 Å². The number of carbonyl (C=O) groups is 1. The standard InChI is InChI=1S/C12H15BrO4/c1-3-16-10-5-8(6-12(14)15)9(13)7-11(10)17-4-2/h5,7H,3-4,6H2,1-2H3,(H,14,15)/p-1. The van der Waals surface area contributed by atoms with Crippen LogP contribution in [-0.2, 0) is 11.2 Å². The minimum atomic E-state index is -1.13. The van der Waals surface area contributed by atoms with E-state index in [-0.39, 0.29) is 6.42 Å². The Morgan fingerprint density at radius 3 is 2.24 bits per heavy atom. The van der Waals surface area contributed by atoms with E-state index < -0.39 is 5.97 Å². The maximum atomic E-state index is 10.6. The van der Waals surface area contributed by atoms with Gasteiger partial charge in [0.25, 0.3) is 0 Å². The van der Waals surface area contributed by atoms with Gasteiger partial charge in [-0.1, -0.05) is 15.9 Å². The molecule has 0 aliphatic carbocycles. The van der Waals surface area contributed by atoms with Gasteiger partial charge in [0.1, 0.15) is 0 Å². The highest BCUT2D eigenvalue weighted by Crippen LogP contribution is 2.34. The van der Waals surface area contributed by atoms with Crippen molar-refractivity contribution in [2.75, 3.05) is 13.2 Å². The van der Waals surface area contributed by atoms with Crippen LogP contribution in [0.4, 0.5) is 0 Å². The highest BCUT2D eigenvalue weighted by atomic mass is 79.9. The molecule has 0 N–H and O–H groups in total. The second-order valence-electron chi connectivity index (χ2n) is 3.31. The molecule has 5 heteroatoms. The van der Waals surface area contributed by atoms with Gasteiger partial charge in [0, 0.05) is 16.9 Å². The van der Waals surface area contributed by atoms with Crippen molar-refractivity contribution in [2.45, 2.75) is 20.3 Å². The van der Waals surface area contributed by atoms with E-state index in [9.17, 15) is 9.90 Å². The average Bonchev–Trinajstić information content (AvgIpc) is 2.24. The van der Waals surface area contributed by atoms with E-state index in [0.717, 1.165) is 0 Å². The van der Waals surface area contributed by atoms with Crippen LogP contribution in [0.1, 0.15) is 19.4 Å². The first-order valence-electron chi connectivity index (χ1n) is 5.36. The third-order valence-corrected chi connectivity index (χ3v) is 2.79. The molecule has 0 saturated carbocycles. The molecule has 94 valence electrons. The minimum Gasteiger partial charge on any atom is -0.550 e. The molecule has 1 aromatic rings. The summed E-state index contributed by atoms with van der Waals surface area (Å²) in [5, 5.41) is 10.6. The van der Waals surface area contributed by atoms with Crippen LogP contribution in [-0.4, -0.2) is 19.2 Å². The monoisotopic (exact) mass is 301 g/mol. The predicted molar refractivity (Wildman–Crippen MR) is 65.2 cm³/mol. The highest BCUT2D eigenvalue weighted by Gasteiger charge is 2.10. The quantitative estimate of drug-likeness (QED) is 0.800. The number of halogens is 1. The largest absolute Gasteiger partial charge is 0.550 e. The van der Waals surface area contributed by atoms with Gasteiger partial charge >= 0.3 is 0 Å². The molecular formula is C12H14BrO4-. The summed E-state index contributed by atoms with van der Waals surface area (Å²) < 4.78 is 11.5. The molecule has 0 fully saturated rings. The fraction of sp³-hybridized carbons (Fsp3) is 0.417. The molecule has 17 heavy (non-hydrogen) atoms. The van der Waals surface area contributed by atoms with Crippen LogP contribution in [0.15, 0.2) is 16.6 Å². The molecule has 1 aromatic carbocycles. The van der Waals surface area contributed by atoms with Crippen LogP contribution >= 0.6 is 15.9 Å². The third-order valence-electron chi connectivity index (χ3n) is 2.05. The van der Waals surface area contributed by atoms with E-state index in [0.29, 0.717) is 34.7 Å². The zero-order valence-corrected chi connectivity index (χ0v) is 11.4. The van der Waals surface area contributed by atoms with E-state index in [1.807, 2.05) is 13.8 Å². The fourth-order valence-electron chi connectivity index (χ4n) is 1.40. The number of hydrogen-bond acceptors (Lipinski definition) is 4. The molecule has 0 aliphatic rings. The van der Waals surface area contributed by atoms with Crippen molar-refractivity contribution in [1.29, 1.82) is 0 Å². The maximum absolute atomic E-state index is 10.6. The van der Waals surface area contributed by atoms with Crippen molar-refractivity contribution in [1.82, 2.24) is 0 Å². The fourth-order valence-corrected chi connectivity index (χ4v) is 1.87. The maximum Gasteiger partial charge on any atom is 0.162 e. The van der Waals surface area contributed by atoms with Gasteiger partial charge in [-0.05, 0) is 31.5 Å². The second kappa shape index (κ2) is 6.49. The Morgan fingerprint density at radius 2 is 1.76 bits per heavy atom. The summed E-state index contributed by atoms with van der Waals surface area (Å²) in [5.74, 6) is 0.0226. The predicted octanol–water partition coefficient (Wildman–Crippen LogP) is 1.54. The summed E-state index contributed by atoms with van der Waals surface area (Å²) in [6.07, 6.45) is -0.160. The van der Waals surface area contributed by atoms with Crippen LogP contribution in [0.3, 0.4) is 0 Å². The Bertz CT molecular complexity index is 404. The van der Waals surface area contributed by atoms with Gasteiger partial charge in [-0.3, -0.25) is 0 Å². The SMILES string of the molecule is CCOc1cc(Br)c(CC(=O)[O-])cc1OCC. The van der Waals surface area contributed by atoms with E-state index >= 15 is 0 Å². The lowest BCUT2D eigenvalue weighted by atomic mass is 10.1. The highest BCUT2D eigenvalue weighted by molar-refractivity contribution is 9.10. The van der Waals surface area contributed by atoms with E-state index in [4.69, 9.17) is 9.47 Å². The van der Waals surface area contributed by atoms with Crippen LogP contribution < -0.4 is 14.6 Å². The molecule has 0 saturated heterocycles. The number of rotatable bonds is 6. The number of aliphatic carboxylic acids is 1. The lowest BCUT2D eigenvalue weighted by Crippen LogP contribution is -2.24. The Balaban J connectivity index is 3.09. The molecule has 0 bridgehead atoms. The van der Waals surface area contributed by atoms with Crippen LogP contribution in [0.2, 0.25) is 0 Å². The van der Waals surface area contributed by atoms with Crippen LogP contribution in [0.5, 0.6) is 11.5 Å². The number of ether oxygens (including phenoxy) is 2. The van der Waals surface area contributed by atoms with Crippen molar-refractivity contribution >= 4 is 21.9 Å². The van der Waals surface area contributed by atoms with E-state index in [2.05, 4.69) is 15.9 Å². The van der Waals surface area contributed by atoms with E-state index in [1.165, 1.54) is 0 Å². The third kappa shape index (κ3) is 3.93. The molecular weight excluding hydrogens is 288 g/mol. The smallest absolute Gasteiger partial charge is 0.162 e. The lowest BCUT2D eigenvalue weighted by molar-refractivity contribution is -0.304. The summed E-state index contributed by atoms with van der Waals surface area (Å²) in [6.45, 7) is 4.74. The molecule has 4 nitrogen and oxygen atoms in total. The zero-order chi connectivity index (χ0) is 12.8. The molecule has 0 aliphatic heterocycles. The summed E-state index contributed by atoms with van der Waals surface area (Å²) in [5.41, 5.74) is 0.608. The first-order valence-corrected chi connectivity index (χ1v) is 6.15. The Kier molecular flexibility index (Phi) is 5.28. The number of carbonyl (C=O) groups excluding carboxylic acids is 1. The minimum absolute atomic E-state index is 0.160. The lowest BCUT2D eigenvalue weighted by Gasteiger charge is -2.14. The van der Waals surface area contributed by atoms with Crippen molar-refractivity contribution in [3.63, 3.8) is 0 Å². The molecule has 0 atom stereocenters. The van der Waals surface area contributed by atoms with Gasteiger partial charge in [-0.25, -0.2) is 0 Å². The van der Waals surface area contributed by atoms with Gasteiger partial charge < -0.3 is 19.4 Å². The number of carboxylic acid groups (broad SMARTS) is 1. The van der Waals surface area contributed by atoms with Crippen molar-refractivity contribution in [2.24, 2.45) is 0 Å². The van der Waals surface area contributed by atoms with Gasteiger partial charge in [-0.15, -0.1) is 0 Å². The molecule has 0 heterocycles. The number of carboxylic acids is 1. The Hall–Kier alpha value is -1.23. The second-order valence-corrected chi connectivity index (χ2v) is 4.16. The topological polar surface area (TPSA) is 58.6 Å². The molecule has 0 amide bonds. The van der Waals surface area contributed by atoms with Gasteiger partial charge in [0.15, 0.2) is 11.5 Å². The molecule has 0 unspecified atom stereocenters. The van der Waals surface area contributed by atoms with Gasteiger partial charge in [-0.2, -0.15) is 0 Å². The first kappa shape index (κ1) is 13.8. The summed E-state index contributed by atoms with van der Waals surface area (Å²) in [6, 6.07) is 3.38. The molecule has 0 aromatic heterocycles. The first-order chi connectivity index (χ1) is 8.08. The number of benzene rings is 1. The van der Waals surface area contributed by atoms with Crippen LogP contribution in [0.25, 0.3) is 0 Å². The van der Waals surface area contributed by atoms with Crippen molar-refractivity contribution in [3.05, 3.63) is 22.2 Å². The summed E-state index contributed by atoms with van der Waals surface area (Å²) in [7, 11) is 0. The summed E-state index contributed by atoms with van der Waals surface area (Å²) in [4.78, 5) is 10.6. The van der Waals surface area contributed by atoms with E-state index in [1.54, 1.807) is 12.1 Å². The van der Waals surface area contributed by atoms with Gasteiger partial charge in [0.2, 0.25) is 0 Å². The zero-order valence-electron chi connectivity index (χ0n) is 9.79. The Morgan fingerprint density at radius 1 is 1.24 bits per heavy atom. The van der Waals surface area contributed by atoms with Gasteiger partial charge in [0.05, 0.1) is 13.2 Å². The normalized spacial score (nSPS) is 10.1. The van der Waals surface area contributed by atoms with Crippen molar-refractivity contribution < 1.29 is 19.4 Å². The average molecular weight is 302 g/mol. The molecule has 0 spiro atoms.